The summed E-state index contributed by atoms with van der Waals surface area (Å²) in [5.74, 6) is -1.64. The summed E-state index contributed by atoms with van der Waals surface area (Å²) in [5, 5.41) is 2.08. The van der Waals surface area contributed by atoms with Gasteiger partial charge in [0.25, 0.3) is 5.91 Å². The molecule has 2 aromatic rings. The number of carbonyl (C=O) groups excluding carboxylic acids is 2. The molecule has 0 aliphatic carbocycles. The molecule has 2 rings (SSSR count). The van der Waals surface area contributed by atoms with Gasteiger partial charge >= 0.3 is 12.1 Å². The number of pyridine rings is 1. The number of halogens is 3. The molecule has 1 heterocycles. The first-order chi connectivity index (χ1) is 10.9. The lowest BCUT2D eigenvalue weighted by Gasteiger charge is -2.13. The Labute approximate surface area is 129 Å². The quantitative estimate of drug-likeness (QED) is 0.878. The number of esters is 1. The third-order valence-corrected chi connectivity index (χ3v) is 2.76. The number of amides is 1. The third kappa shape index (κ3) is 4.53. The van der Waals surface area contributed by atoms with Crippen LogP contribution in [-0.2, 0) is 15.7 Å². The molecule has 0 saturated carbocycles. The van der Waals surface area contributed by atoms with Crippen LogP contribution in [0.4, 0.5) is 18.9 Å². The Morgan fingerprint density at radius 2 is 1.74 bits per heavy atom. The van der Waals surface area contributed by atoms with Crippen LogP contribution in [0.3, 0.4) is 0 Å². The second kappa shape index (κ2) is 6.91. The van der Waals surface area contributed by atoms with Crippen molar-refractivity contribution >= 4 is 17.6 Å². The number of carbonyl (C=O) groups is 2. The van der Waals surface area contributed by atoms with E-state index in [0.29, 0.717) is 0 Å². The number of para-hydroxylation sites is 1. The Kier molecular flexibility index (Phi) is 4.95. The van der Waals surface area contributed by atoms with Crippen molar-refractivity contribution in [1.29, 1.82) is 0 Å². The predicted molar refractivity (Wildman–Crippen MR) is 74.6 cm³/mol. The van der Waals surface area contributed by atoms with Crippen LogP contribution in [0.2, 0.25) is 0 Å². The molecule has 0 spiro atoms. The van der Waals surface area contributed by atoms with Crippen LogP contribution in [-0.4, -0.2) is 23.5 Å². The monoisotopic (exact) mass is 324 g/mol. The van der Waals surface area contributed by atoms with Crippen molar-refractivity contribution in [2.45, 2.75) is 6.18 Å². The number of nitrogens with one attached hydrogen (secondary N) is 1. The van der Waals surface area contributed by atoms with Gasteiger partial charge in [0.15, 0.2) is 6.61 Å². The first-order valence-corrected chi connectivity index (χ1v) is 6.41. The van der Waals surface area contributed by atoms with E-state index in [2.05, 4.69) is 10.3 Å². The molecule has 0 saturated heterocycles. The molecule has 0 aliphatic rings. The molecule has 0 fully saturated rings. The molecular weight excluding hydrogens is 313 g/mol. The molecule has 0 atom stereocenters. The Hall–Kier alpha value is -2.90. The fourth-order valence-corrected chi connectivity index (χ4v) is 1.73. The Balaban J connectivity index is 1.97. The van der Waals surface area contributed by atoms with Crippen molar-refractivity contribution < 1.29 is 27.5 Å². The molecule has 8 heteroatoms. The Bertz CT molecular complexity index is 703. The molecule has 1 aromatic carbocycles. The molecule has 0 unspecified atom stereocenters. The number of benzene rings is 1. The van der Waals surface area contributed by atoms with Crippen molar-refractivity contribution in [2.24, 2.45) is 0 Å². The predicted octanol–water partition coefficient (Wildman–Crippen LogP) is 2.90. The highest BCUT2D eigenvalue weighted by molar-refractivity contribution is 5.95. The Morgan fingerprint density at radius 3 is 2.39 bits per heavy atom. The highest BCUT2D eigenvalue weighted by Gasteiger charge is 2.33. The summed E-state index contributed by atoms with van der Waals surface area (Å²) in [5.41, 5.74) is -1.19. The van der Waals surface area contributed by atoms with Crippen molar-refractivity contribution in [1.82, 2.24) is 4.98 Å². The van der Waals surface area contributed by atoms with E-state index in [0.717, 1.165) is 12.1 Å². The molecule has 0 aliphatic heterocycles. The maximum atomic E-state index is 12.8. The van der Waals surface area contributed by atoms with Gasteiger partial charge in [0, 0.05) is 12.4 Å². The molecular formula is C15H11F3N2O3. The zero-order chi connectivity index (χ0) is 16.9. The van der Waals surface area contributed by atoms with Crippen molar-refractivity contribution in [3.05, 3.63) is 59.9 Å². The summed E-state index contributed by atoms with van der Waals surface area (Å²) in [7, 11) is 0. The first-order valence-electron chi connectivity index (χ1n) is 6.41. The number of nitrogens with zero attached hydrogens (tertiary/aromatic N) is 1. The third-order valence-electron chi connectivity index (χ3n) is 2.76. The maximum absolute atomic E-state index is 12.8. The van der Waals surface area contributed by atoms with Crippen LogP contribution in [0.25, 0.3) is 0 Å². The number of anilines is 1. The van der Waals surface area contributed by atoms with Crippen molar-refractivity contribution in [3.63, 3.8) is 0 Å². The molecule has 1 amide bonds. The lowest BCUT2D eigenvalue weighted by molar-refractivity contribution is -0.137. The average Bonchev–Trinajstić information content (AvgIpc) is 2.53. The molecule has 0 radical (unpaired) electrons. The van der Waals surface area contributed by atoms with E-state index in [1.165, 1.54) is 36.7 Å². The average molecular weight is 324 g/mol. The number of hydrogen-bond donors (Lipinski definition) is 1. The topological polar surface area (TPSA) is 68.3 Å². The van der Waals surface area contributed by atoms with E-state index in [-0.39, 0.29) is 5.56 Å². The van der Waals surface area contributed by atoms with Gasteiger partial charge in [-0.3, -0.25) is 9.78 Å². The molecule has 1 N–H and O–H groups in total. The van der Waals surface area contributed by atoms with E-state index in [1.807, 2.05) is 0 Å². The molecule has 23 heavy (non-hydrogen) atoms. The lowest BCUT2D eigenvalue weighted by Crippen LogP contribution is -2.22. The maximum Gasteiger partial charge on any atom is 0.418 e. The number of aromatic nitrogens is 1. The standard InChI is InChI=1S/C15H11F3N2O3/c16-15(17,18)11-3-1-2-4-12(11)20-13(21)9-23-14(22)10-5-7-19-8-6-10/h1-8H,9H2,(H,20,21). The van der Waals surface area contributed by atoms with Crippen LogP contribution in [0.1, 0.15) is 15.9 Å². The van der Waals surface area contributed by atoms with Crippen LogP contribution < -0.4 is 5.32 Å². The lowest BCUT2D eigenvalue weighted by atomic mass is 10.1. The van der Waals surface area contributed by atoms with Crippen molar-refractivity contribution in [3.8, 4) is 0 Å². The summed E-state index contributed by atoms with van der Waals surface area (Å²) in [4.78, 5) is 27.0. The van der Waals surface area contributed by atoms with Crippen LogP contribution in [0.5, 0.6) is 0 Å². The largest absolute Gasteiger partial charge is 0.452 e. The fraction of sp³-hybridized carbons (Fsp3) is 0.133. The van der Waals surface area contributed by atoms with Gasteiger partial charge in [0.2, 0.25) is 0 Å². The first kappa shape index (κ1) is 16.5. The normalized spacial score (nSPS) is 10.9. The van der Waals surface area contributed by atoms with Gasteiger partial charge in [-0.1, -0.05) is 12.1 Å². The van der Waals surface area contributed by atoms with Gasteiger partial charge in [-0.15, -0.1) is 0 Å². The minimum atomic E-state index is -4.60. The van der Waals surface area contributed by atoms with Gasteiger partial charge in [-0.05, 0) is 24.3 Å². The van der Waals surface area contributed by atoms with Crippen molar-refractivity contribution in [2.75, 3.05) is 11.9 Å². The van der Waals surface area contributed by atoms with E-state index < -0.39 is 35.9 Å². The summed E-state index contributed by atoms with van der Waals surface area (Å²) < 4.78 is 43.1. The summed E-state index contributed by atoms with van der Waals surface area (Å²) in [6.07, 6.45) is -1.86. The number of ether oxygens (including phenoxy) is 1. The number of alkyl halides is 3. The molecule has 0 bridgehead atoms. The van der Waals surface area contributed by atoms with Gasteiger partial charge in [-0.2, -0.15) is 13.2 Å². The minimum Gasteiger partial charge on any atom is -0.452 e. The fourth-order valence-electron chi connectivity index (χ4n) is 1.73. The molecule has 1 aromatic heterocycles. The summed E-state index contributed by atoms with van der Waals surface area (Å²) in [6, 6.07) is 7.30. The van der Waals surface area contributed by atoms with Crippen LogP contribution >= 0.6 is 0 Å². The SMILES string of the molecule is O=C(COC(=O)c1ccncc1)Nc1ccccc1C(F)(F)F. The zero-order valence-electron chi connectivity index (χ0n) is 11.6. The van der Waals surface area contributed by atoms with Crippen LogP contribution in [0.15, 0.2) is 48.8 Å². The zero-order valence-corrected chi connectivity index (χ0v) is 11.6. The second-order valence-electron chi connectivity index (χ2n) is 4.40. The Morgan fingerprint density at radius 1 is 1.09 bits per heavy atom. The highest BCUT2D eigenvalue weighted by atomic mass is 19.4. The minimum absolute atomic E-state index is 0.184. The molecule has 5 nitrogen and oxygen atoms in total. The molecule has 120 valence electrons. The second-order valence-corrected chi connectivity index (χ2v) is 4.40. The van der Waals surface area contributed by atoms with Gasteiger partial charge in [-0.25, -0.2) is 4.79 Å². The number of hydrogen-bond acceptors (Lipinski definition) is 4. The van der Waals surface area contributed by atoms with E-state index in [9.17, 15) is 22.8 Å². The van der Waals surface area contributed by atoms with E-state index >= 15 is 0 Å². The smallest absolute Gasteiger partial charge is 0.418 e. The van der Waals surface area contributed by atoms with Gasteiger partial charge in [0.1, 0.15) is 0 Å². The van der Waals surface area contributed by atoms with E-state index in [1.54, 1.807) is 0 Å². The highest BCUT2D eigenvalue weighted by Crippen LogP contribution is 2.34. The summed E-state index contributed by atoms with van der Waals surface area (Å²) >= 11 is 0. The summed E-state index contributed by atoms with van der Waals surface area (Å²) in [6.45, 7) is -0.701. The van der Waals surface area contributed by atoms with Crippen LogP contribution in [0, 0.1) is 0 Å². The van der Waals surface area contributed by atoms with E-state index in [4.69, 9.17) is 4.74 Å². The number of rotatable bonds is 4. The van der Waals surface area contributed by atoms with Gasteiger partial charge in [0.05, 0.1) is 16.8 Å². The van der Waals surface area contributed by atoms with Gasteiger partial charge < -0.3 is 10.1 Å².